The Labute approximate surface area is 128 Å². The molecule has 0 spiro atoms. The molecule has 0 radical (unpaired) electrons. The molecule has 0 aliphatic heterocycles. The Morgan fingerprint density at radius 2 is 1.77 bits per heavy atom. The second-order valence-electron chi connectivity index (χ2n) is 4.81. The van der Waals surface area contributed by atoms with Gasteiger partial charge >= 0.3 is 6.18 Å². The Kier molecular flexibility index (Phi) is 3.56. The minimum Gasteiger partial charge on any atom is -0.188 e. The zero-order valence-corrected chi connectivity index (χ0v) is 12.5. The van der Waals surface area contributed by atoms with Crippen molar-refractivity contribution in [2.24, 2.45) is 0 Å². The molecule has 8 heteroatoms. The highest BCUT2D eigenvalue weighted by molar-refractivity contribution is 7.99. The number of benzene rings is 1. The number of aromatic nitrogens is 4. The van der Waals surface area contributed by atoms with Crippen LogP contribution in [0.2, 0.25) is 0 Å². The molecular formula is C14H11F3N4S. The molecule has 2 heterocycles. The topological polar surface area (TPSA) is 43.1 Å². The van der Waals surface area contributed by atoms with Crippen LogP contribution in [-0.4, -0.2) is 19.8 Å². The highest BCUT2D eigenvalue weighted by atomic mass is 32.2. The van der Waals surface area contributed by atoms with Gasteiger partial charge in [-0.2, -0.15) is 22.8 Å². The predicted molar refractivity (Wildman–Crippen MR) is 75.8 cm³/mol. The minimum atomic E-state index is -4.59. The number of halogens is 3. The SMILES string of the molecule is Cc1ccc(Sc2ccc3nnc(C(F)(F)F)n3n2)cc1C. The Balaban J connectivity index is 1.99. The summed E-state index contributed by atoms with van der Waals surface area (Å²) in [6, 6.07) is 8.96. The fraction of sp³-hybridized carbons (Fsp3) is 0.214. The van der Waals surface area contributed by atoms with Gasteiger partial charge < -0.3 is 0 Å². The summed E-state index contributed by atoms with van der Waals surface area (Å²) in [5.41, 5.74) is 2.34. The van der Waals surface area contributed by atoms with Gasteiger partial charge in [0.1, 0.15) is 5.03 Å². The van der Waals surface area contributed by atoms with E-state index in [9.17, 15) is 13.2 Å². The Morgan fingerprint density at radius 1 is 1.00 bits per heavy atom. The Hall–Kier alpha value is -2.09. The summed E-state index contributed by atoms with van der Waals surface area (Å²) in [5, 5.41) is 11.1. The number of rotatable bonds is 2. The molecule has 0 saturated heterocycles. The lowest BCUT2D eigenvalue weighted by atomic mass is 10.1. The van der Waals surface area contributed by atoms with Crippen LogP contribution in [0.15, 0.2) is 40.3 Å². The molecule has 0 atom stereocenters. The second kappa shape index (κ2) is 5.28. The van der Waals surface area contributed by atoms with Crippen molar-refractivity contribution in [1.82, 2.24) is 19.8 Å². The van der Waals surface area contributed by atoms with E-state index in [0.29, 0.717) is 5.03 Å². The first-order valence-electron chi connectivity index (χ1n) is 6.39. The predicted octanol–water partition coefficient (Wildman–Crippen LogP) is 3.91. The van der Waals surface area contributed by atoms with E-state index in [2.05, 4.69) is 15.3 Å². The summed E-state index contributed by atoms with van der Waals surface area (Å²) in [6.07, 6.45) is -4.59. The molecule has 1 aromatic carbocycles. The molecule has 22 heavy (non-hydrogen) atoms. The highest BCUT2D eigenvalue weighted by Gasteiger charge is 2.37. The van der Waals surface area contributed by atoms with Crippen LogP contribution in [0.4, 0.5) is 13.2 Å². The molecule has 3 aromatic rings. The summed E-state index contributed by atoms with van der Waals surface area (Å²) >= 11 is 1.29. The molecule has 0 aliphatic carbocycles. The van der Waals surface area contributed by atoms with Crippen LogP contribution in [0.5, 0.6) is 0 Å². The molecule has 0 saturated carbocycles. The van der Waals surface area contributed by atoms with Crippen molar-refractivity contribution in [3.05, 3.63) is 47.3 Å². The standard InChI is InChI=1S/C14H11F3N4S/c1-8-3-4-10(7-9(8)2)22-12-6-5-11-18-19-13(14(15,16)17)21(11)20-12/h3-7H,1-2H3. The van der Waals surface area contributed by atoms with Crippen LogP contribution in [0.25, 0.3) is 5.65 Å². The number of hydrogen-bond donors (Lipinski definition) is 0. The summed E-state index contributed by atoms with van der Waals surface area (Å²) in [5.74, 6) is -1.12. The largest absolute Gasteiger partial charge is 0.453 e. The number of hydrogen-bond acceptors (Lipinski definition) is 4. The van der Waals surface area contributed by atoms with Gasteiger partial charge in [-0.15, -0.1) is 10.2 Å². The molecule has 3 rings (SSSR count). The smallest absolute Gasteiger partial charge is 0.188 e. The second-order valence-corrected chi connectivity index (χ2v) is 5.90. The van der Waals surface area contributed by atoms with E-state index >= 15 is 0 Å². The van der Waals surface area contributed by atoms with E-state index < -0.39 is 12.0 Å². The summed E-state index contributed by atoms with van der Waals surface area (Å²) in [7, 11) is 0. The lowest BCUT2D eigenvalue weighted by molar-refractivity contribution is -0.146. The van der Waals surface area contributed by atoms with Crippen LogP contribution < -0.4 is 0 Å². The van der Waals surface area contributed by atoms with E-state index in [1.54, 1.807) is 6.07 Å². The maximum absolute atomic E-state index is 12.8. The first kappa shape index (κ1) is 14.8. The Bertz CT molecular complexity index is 842. The first-order chi connectivity index (χ1) is 10.3. The van der Waals surface area contributed by atoms with Crippen LogP contribution >= 0.6 is 11.8 Å². The van der Waals surface area contributed by atoms with Gasteiger partial charge in [0.15, 0.2) is 5.65 Å². The van der Waals surface area contributed by atoms with Gasteiger partial charge in [0.05, 0.1) is 0 Å². The fourth-order valence-electron chi connectivity index (χ4n) is 1.90. The molecule has 0 fully saturated rings. The van der Waals surface area contributed by atoms with E-state index in [1.165, 1.54) is 17.8 Å². The van der Waals surface area contributed by atoms with Crippen molar-refractivity contribution in [1.29, 1.82) is 0 Å². The van der Waals surface area contributed by atoms with Crippen LogP contribution in [0.3, 0.4) is 0 Å². The maximum Gasteiger partial charge on any atom is 0.453 e. The maximum atomic E-state index is 12.8. The first-order valence-corrected chi connectivity index (χ1v) is 7.21. The van der Waals surface area contributed by atoms with Crippen molar-refractivity contribution in [3.8, 4) is 0 Å². The molecule has 0 N–H and O–H groups in total. The molecular weight excluding hydrogens is 313 g/mol. The molecule has 114 valence electrons. The van der Waals surface area contributed by atoms with E-state index in [4.69, 9.17) is 0 Å². The third-order valence-electron chi connectivity index (χ3n) is 3.19. The zero-order chi connectivity index (χ0) is 15.9. The molecule has 4 nitrogen and oxygen atoms in total. The fourth-order valence-corrected chi connectivity index (χ4v) is 2.77. The molecule has 0 amide bonds. The number of fused-ring (bicyclic) bond motifs is 1. The summed E-state index contributed by atoms with van der Waals surface area (Å²) in [4.78, 5) is 0.914. The summed E-state index contributed by atoms with van der Waals surface area (Å²) < 4.78 is 39.2. The van der Waals surface area contributed by atoms with Crippen molar-refractivity contribution in [2.75, 3.05) is 0 Å². The van der Waals surface area contributed by atoms with Crippen molar-refractivity contribution < 1.29 is 13.2 Å². The number of nitrogens with zero attached hydrogens (tertiary/aromatic N) is 4. The van der Waals surface area contributed by atoms with Gasteiger partial charge in [-0.3, -0.25) is 0 Å². The van der Waals surface area contributed by atoms with Gasteiger partial charge in [-0.05, 0) is 49.2 Å². The van der Waals surface area contributed by atoms with Crippen molar-refractivity contribution in [3.63, 3.8) is 0 Å². The van der Waals surface area contributed by atoms with Crippen molar-refractivity contribution >= 4 is 17.4 Å². The van der Waals surface area contributed by atoms with Gasteiger partial charge in [-0.1, -0.05) is 17.8 Å². The van der Waals surface area contributed by atoms with Gasteiger partial charge in [0.2, 0.25) is 0 Å². The lowest BCUT2D eigenvalue weighted by Crippen LogP contribution is -2.12. The van der Waals surface area contributed by atoms with Crippen LogP contribution in [0.1, 0.15) is 17.0 Å². The van der Waals surface area contributed by atoms with E-state index in [1.807, 2.05) is 32.0 Å². The van der Waals surface area contributed by atoms with Gasteiger partial charge in [0, 0.05) is 4.90 Å². The molecule has 0 aliphatic rings. The van der Waals surface area contributed by atoms with Crippen LogP contribution in [-0.2, 0) is 6.18 Å². The molecule has 2 aromatic heterocycles. The number of aryl methyl sites for hydroxylation is 2. The minimum absolute atomic E-state index is 0.0664. The quantitative estimate of drug-likeness (QED) is 0.717. The van der Waals surface area contributed by atoms with E-state index in [0.717, 1.165) is 20.5 Å². The normalized spacial score (nSPS) is 12.0. The lowest BCUT2D eigenvalue weighted by Gasteiger charge is -2.06. The third-order valence-corrected chi connectivity index (χ3v) is 4.11. The zero-order valence-electron chi connectivity index (χ0n) is 11.7. The molecule has 0 bridgehead atoms. The van der Waals surface area contributed by atoms with Crippen molar-refractivity contribution in [2.45, 2.75) is 29.9 Å². The average molecular weight is 324 g/mol. The van der Waals surface area contributed by atoms with E-state index in [-0.39, 0.29) is 5.65 Å². The average Bonchev–Trinajstić information content (AvgIpc) is 2.86. The molecule has 0 unspecified atom stereocenters. The van der Waals surface area contributed by atoms with Crippen LogP contribution in [0, 0.1) is 13.8 Å². The Morgan fingerprint density at radius 3 is 2.45 bits per heavy atom. The highest BCUT2D eigenvalue weighted by Crippen LogP contribution is 2.30. The summed E-state index contributed by atoms with van der Waals surface area (Å²) in [6.45, 7) is 3.98. The van der Waals surface area contributed by atoms with Gasteiger partial charge in [0.25, 0.3) is 5.82 Å². The van der Waals surface area contributed by atoms with Gasteiger partial charge in [-0.25, -0.2) is 0 Å². The third kappa shape index (κ3) is 2.78. The monoisotopic (exact) mass is 324 g/mol. The number of alkyl halides is 3.